The first kappa shape index (κ1) is 37.0. The average molecular weight is 790 g/mol. The van der Waals surface area contributed by atoms with E-state index < -0.39 is 5.41 Å². The van der Waals surface area contributed by atoms with Crippen molar-refractivity contribution in [1.29, 1.82) is 0 Å². The van der Waals surface area contributed by atoms with Gasteiger partial charge in [0.05, 0.1) is 11.1 Å². The number of hydrogen-bond acceptors (Lipinski definition) is 1. The van der Waals surface area contributed by atoms with E-state index in [1.807, 2.05) is 0 Å². The molecule has 1 aliphatic rings. The highest BCUT2D eigenvalue weighted by Gasteiger charge is 2.43. The van der Waals surface area contributed by atoms with Gasteiger partial charge in [-0.3, -0.25) is 0 Å². The molecule has 0 spiro atoms. The van der Waals surface area contributed by atoms with Crippen molar-refractivity contribution in [2.24, 2.45) is 0 Å². The van der Waals surface area contributed by atoms with Gasteiger partial charge in [0, 0.05) is 16.9 Å². The largest absolute Gasteiger partial charge is 0.310 e. The van der Waals surface area contributed by atoms with Gasteiger partial charge in [-0.25, -0.2) is 0 Å². The molecule has 62 heavy (non-hydrogen) atoms. The number of anilines is 3. The van der Waals surface area contributed by atoms with Crippen LogP contribution in [0.15, 0.2) is 261 Å². The molecule has 0 radical (unpaired) electrons. The van der Waals surface area contributed by atoms with Crippen LogP contribution >= 0.6 is 0 Å². The quantitative estimate of drug-likeness (QED) is 0.155. The highest BCUT2D eigenvalue weighted by Crippen LogP contribution is 2.56. The van der Waals surface area contributed by atoms with Crippen LogP contribution in [-0.4, -0.2) is 0 Å². The molecule has 0 aromatic heterocycles. The topological polar surface area (TPSA) is 3.24 Å². The number of fused-ring (bicyclic) bond motifs is 7. The Bertz CT molecular complexity index is 3100. The van der Waals surface area contributed by atoms with Crippen molar-refractivity contribution in [3.05, 3.63) is 283 Å². The van der Waals surface area contributed by atoms with E-state index in [1.54, 1.807) is 0 Å². The van der Waals surface area contributed by atoms with E-state index in [9.17, 15) is 0 Å². The maximum absolute atomic E-state index is 2.44. The first-order valence-corrected chi connectivity index (χ1v) is 21.4. The number of nitrogens with zero attached hydrogens (tertiary/aromatic N) is 1. The molecule has 0 fully saturated rings. The zero-order valence-corrected chi connectivity index (χ0v) is 34.3. The summed E-state index contributed by atoms with van der Waals surface area (Å²) < 4.78 is 0. The van der Waals surface area contributed by atoms with Gasteiger partial charge in [-0.15, -0.1) is 0 Å². The summed E-state index contributed by atoms with van der Waals surface area (Å²) in [5.74, 6) is 0. The minimum absolute atomic E-state index is 0.644. The molecular weight excluding hydrogens is 747 g/mol. The molecule has 10 aromatic rings. The monoisotopic (exact) mass is 789 g/mol. The molecular formula is C61H43N. The summed E-state index contributed by atoms with van der Waals surface area (Å²) >= 11 is 0. The van der Waals surface area contributed by atoms with E-state index in [0.29, 0.717) is 0 Å². The second kappa shape index (κ2) is 15.9. The lowest BCUT2D eigenvalue weighted by Crippen LogP contribution is -2.32. The van der Waals surface area contributed by atoms with Gasteiger partial charge >= 0.3 is 0 Å². The first-order chi connectivity index (χ1) is 30.8. The molecule has 0 saturated heterocycles. The molecule has 0 aliphatic heterocycles. The summed E-state index contributed by atoms with van der Waals surface area (Å²) in [7, 11) is 0. The SMILES string of the molecule is c1ccc(-c2ccc(-c3ccc(N(c4ccccc4)c4cccc5c4-c4ccccc4-c4ccccc4C(c4ccccc4)(c4ccccc4)c4ccccc4-5)cc3)cc2)cc1. The number of para-hydroxylation sites is 1. The van der Waals surface area contributed by atoms with Crippen LogP contribution in [0, 0.1) is 0 Å². The Morgan fingerprint density at radius 1 is 0.242 bits per heavy atom. The summed E-state index contributed by atoms with van der Waals surface area (Å²) in [4.78, 5) is 2.44. The third kappa shape index (κ3) is 6.26. The van der Waals surface area contributed by atoms with E-state index in [1.165, 1.54) is 77.9 Å². The molecule has 0 bridgehead atoms. The van der Waals surface area contributed by atoms with Crippen molar-refractivity contribution in [2.45, 2.75) is 5.41 Å². The number of hydrogen-bond donors (Lipinski definition) is 0. The minimum Gasteiger partial charge on any atom is -0.310 e. The molecule has 0 atom stereocenters. The Balaban J connectivity index is 1.17. The van der Waals surface area contributed by atoms with Crippen LogP contribution in [0.1, 0.15) is 22.3 Å². The Kier molecular flexibility index (Phi) is 9.48. The molecule has 1 aliphatic carbocycles. The van der Waals surface area contributed by atoms with Crippen molar-refractivity contribution in [2.75, 3.05) is 4.90 Å². The average Bonchev–Trinajstić information content (AvgIpc) is 3.40. The van der Waals surface area contributed by atoms with Crippen LogP contribution in [0.3, 0.4) is 0 Å². The summed E-state index contributed by atoms with van der Waals surface area (Å²) in [6.07, 6.45) is 0. The van der Waals surface area contributed by atoms with Crippen LogP contribution < -0.4 is 4.90 Å². The predicted octanol–water partition coefficient (Wildman–Crippen LogP) is 16.2. The number of rotatable bonds is 7. The summed E-state index contributed by atoms with van der Waals surface area (Å²) in [6.45, 7) is 0. The molecule has 11 rings (SSSR count). The zero-order valence-electron chi connectivity index (χ0n) is 34.3. The van der Waals surface area contributed by atoms with Crippen LogP contribution in [0.25, 0.3) is 55.6 Å². The van der Waals surface area contributed by atoms with E-state index in [-0.39, 0.29) is 0 Å². The van der Waals surface area contributed by atoms with Crippen LogP contribution in [-0.2, 0) is 5.41 Å². The van der Waals surface area contributed by atoms with Crippen molar-refractivity contribution < 1.29 is 0 Å². The van der Waals surface area contributed by atoms with Gasteiger partial charge in [0.1, 0.15) is 0 Å². The Hall–Kier alpha value is -8.00. The van der Waals surface area contributed by atoms with Crippen LogP contribution in [0.5, 0.6) is 0 Å². The summed E-state index contributed by atoms with van der Waals surface area (Å²) in [5, 5.41) is 0. The molecule has 0 N–H and O–H groups in total. The van der Waals surface area contributed by atoms with E-state index >= 15 is 0 Å². The maximum Gasteiger partial charge on any atom is 0.0713 e. The highest BCUT2D eigenvalue weighted by atomic mass is 15.1. The van der Waals surface area contributed by atoms with Crippen LogP contribution in [0.4, 0.5) is 17.1 Å². The second-order valence-electron chi connectivity index (χ2n) is 16.0. The van der Waals surface area contributed by atoms with Crippen molar-refractivity contribution in [3.63, 3.8) is 0 Å². The first-order valence-electron chi connectivity index (χ1n) is 21.4. The second-order valence-corrected chi connectivity index (χ2v) is 16.0. The van der Waals surface area contributed by atoms with Gasteiger partial charge in [-0.1, -0.05) is 231 Å². The highest BCUT2D eigenvalue weighted by molar-refractivity contribution is 6.03. The van der Waals surface area contributed by atoms with Crippen molar-refractivity contribution >= 4 is 17.1 Å². The molecule has 10 aromatic carbocycles. The molecule has 0 saturated carbocycles. The van der Waals surface area contributed by atoms with E-state index in [0.717, 1.165) is 17.1 Å². The maximum atomic E-state index is 2.44. The van der Waals surface area contributed by atoms with Crippen LogP contribution in [0.2, 0.25) is 0 Å². The fourth-order valence-electron chi connectivity index (χ4n) is 9.86. The zero-order chi connectivity index (χ0) is 41.3. The van der Waals surface area contributed by atoms with Gasteiger partial charge in [-0.05, 0) is 103 Å². The molecule has 292 valence electrons. The normalized spacial score (nSPS) is 12.3. The smallest absolute Gasteiger partial charge is 0.0713 e. The third-order valence-corrected chi connectivity index (χ3v) is 12.6. The lowest BCUT2D eigenvalue weighted by molar-refractivity contribution is 0.749. The molecule has 1 nitrogen and oxygen atoms in total. The molecule has 1 heteroatoms. The minimum atomic E-state index is -0.644. The summed E-state index contributed by atoms with van der Waals surface area (Å²) in [6, 6.07) is 95.6. The van der Waals surface area contributed by atoms with Crippen molar-refractivity contribution in [1.82, 2.24) is 0 Å². The Morgan fingerprint density at radius 3 is 1.16 bits per heavy atom. The lowest BCUT2D eigenvalue weighted by Gasteiger charge is -2.39. The molecule has 0 amide bonds. The summed E-state index contributed by atoms with van der Waals surface area (Å²) in [5.41, 5.74) is 19.6. The standard InChI is InChI=1S/C61H43N/c1-5-20-44(21-6-1)45-36-38-46(39-37-45)47-40-42-51(43-41-47)62(50-26-11-4-12-27-50)59-35-19-32-56-54-30-16-18-34-58(54)61(48-22-7-2-8-23-48,49-24-9-3-10-25-49)57-33-17-15-29-53(57)52-28-13-14-31-55(52)60(56)59/h1-43H. The Labute approximate surface area is 364 Å². The van der Waals surface area contributed by atoms with E-state index in [4.69, 9.17) is 0 Å². The fraction of sp³-hybridized carbons (Fsp3) is 0.0164. The lowest BCUT2D eigenvalue weighted by atomic mass is 9.62. The van der Waals surface area contributed by atoms with Gasteiger partial charge in [0.2, 0.25) is 0 Å². The van der Waals surface area contributed by atoms with Gasteiger partial charge in [0.25, 0.3) is 0 Å². The fourth-order valence-corrected chi connectivity index (χ4v) is 9.86. The number of benzene rings is 10. The van der Waals surface area contributed by atoms with E-state index in [2.05, 4.69) is 266 Å². The predicted molar refractivity (Wildman–Crippen MR) is 260 cm³/mol. The molecule has 0 heterocycles. The van der Waals surface area contributed by atoms with Crippen molar-refractivity contribution in [3.8, 4) is 55.6 Å². The van der Waals surface area contributed by atoms with Gasteiger partial charge < -0.3 is 4.90 Å². The third-order valence-electron chi connectivity index (χ3n) is 12.6. The molecule has 0 unspecified atom stereocenters. The Morgan fingerprint density at radius 2 is 0.613 bits per heavy atom. The van der Waals surface area contributed by atoms with Gasteiger partial charge in [-0.2, -0.15) is 0 Å². The van der Waals surface area contributed by atoms with Gasteiger partial charge in [0.15, 0.2) is 0 Å².